The normalized spacial score (nSPS) is 15.4. The van der Waals surface area contributed by atoms with E-state index in [0.29, 0.717) is 0 Å². The van der Waals surface area contributed by atoms with Crippen molar-refractivity contribution < 1.29 is 10.2 Å². The number of rotatable bonds is 2. The van der Waals surface area contributed by atoms with Crippen molar-refractivity contribution in [3.63, 3.8) is 0 Å². The van der Waals surface area contributed by atoms with Gasteiger partial charge in [-0.05, 0) is 37.1 Å². The number of aryl methyl sites for hydroxylation is 1. The summed E-state index contributed by atoms with van der Waals surface area (Å²) in [6.07, 6.45) is -0.580. The zero-order chi connectivity index (χ0) is 10.0. The predicted molar refractivity (Wildman–Crippen MR) is 51.5 cm³/mol. The van der Waals surface area contributed by atoms with Crippen molar-refractivity contribution in [2.24, 2.45) is 5.73 Å². The van der Waals surface area contributed by atoms with E-state index in [4.69, 9.17) is 10.8 Å². The predicted octanol–water partition coefficient (Wildman–Crippen LogP) is 1.08. The minimum atomic E-state index is -0.580. The van der Waals surface area contributed by atoms with E-state index < -0.39 is 6.10 Å². The molecule has 0 saturated carbocycles. The number of hydrogen-bond donors (Lipinski definition) is 3. The van der Waals surface area contributed by atoms with Gasteiger partial charge in [0.2, 0.25) is 0 Å². The number of phenolic OH excluding ortho intramolecular Hbond substituents is 1. The second-order valence-corrected chi connectivity index (χ2v) is 3.31. The summed E-state index contributed by atoms with van der Waals surface area (Å²) in [5.41, 5.74) is 7.52. The van der Waals surface area contributed by atoms with Gasteiger partial charge in [-0.25, -0.2) is 0 Å². The highest BCUT2D eigenvalue weighted by molar-refractivity contribution is 5.36. The standard InChI is InChI=1S/C10H15NO2/c1-6-5-8(13)3-4-9(6)10(11)7(2)12/h3-5,7,10,12-13H,11H2,1-2H3/t7-,10+/m0/s1. The molecule has 0 aliphatic carbocycles. The van der Waals surface area contributed by atoms with E-state index >= 15 is 0 Å². The molecule has 0 aliphatic rings. The van der Waals surface area contributed by atoms with Gasteiger partial charge in [0.25, 0.3) is 0 Å². The number of aromatic hydroxyl groups is 1. The van der Waals surface area contributed by atoms with E-state index in [1.54, 1.807) is 25.1 Å². The summed E-state index contributed by atoms with van der Waals surface area (Å²) in [4.78, 5) is 0. The third-order valence-electron chi connectivity index (χ3n) is 2.13. The van der Waals surface area contributed by atoms with Gasteiger partial charge in [0.1, 0.15) is 5.75 Å². The van der Waals surface area contributed by atoms with Crippen LogP contribution in [0, 0.1) is 6.92 Å². The molecule has 1 aromatic rings. The fourth-order valence-electron chi connectivity index (χ4n) is 1.29. The van der Waals surface area contributed by atoms with Crippen LogP contribution in [0.2, 0.25) is 0 Å². The Kier molecular flexibility index (Phi) is 2.90. The molecular weight excluding hydrogens is 166 g/mol. The van der Waals surface area contributed by atoms with E-state index in [-0.39, 0.29) is 11.8 Å². The van der Waals surface area contributed by atoms with Crippen molar-refractivity contribution in [2.45, 2.75) is 26.0 Å². The average Bonchev–Trinajstić information content (AvgIpc) is 2.03. The molecule has 2 atom stereocenters. The molecule has 0 amide bonds. The second kappa shape index (κ2) is 3.77. The van der Waals surface area contributed by atoms with Crippen LogP contribution in [-0.2, 0) is 0 Å². The Bertz CT molecular complexity index is 297. The Morgan fingerprint density at radius 1 is 1.38 bits per heavy atom. The molecule has 13 heavy (non-hydrogen) atoms. The molecule has 0 radical (unpaired) electrons. The van der Waals surface area contributed by atoms with Crippen LogP contribution in [-0.4, -0.2) is 16.3 Å². The van der Waals surface area contributed by atoms with Crippen LogP contribution in [0.5, 0.6) is 5.75 Å². The molecule has 3 nitrogen and oxygen atoms in total. The van der Waals surface area contributed by atoms with Crippen LogP contribution >= 0.6 is 0 Å². The SMILES string of the molecule is Cc1cc(O)ccc1[C@H](N)[C@H](C)O. The highest BCUT2D eigenvalue weighted by atomic mass is 16.3. The topological polar surface area (TPSA) is 66.5 Å². The molecule has 0 unspecified atom stereocenters. The maximum Gasteiger partial charge on any atom is 0.115 e. The lowest BCUT2D eigenvalue weighted by Gasteiger charge is -2.17. The highest BCUT2D eigenvalue weighted by Crippen LogP contribution is 2.22. The molecule has 0 aromatic heterocycles. The van der Waals surface area contributed by atoms with Gasteiger partial charge in [0.05, 0.1) is 12.1 Å². The summed E-state index contributed by atoms with van der Waals surface area (Å²) in [6, 6.07) is 4.56. The smallest absolute Gasteiger partial charge is 0.115 e. The first-order valence-corrected chi connectivity index (χ1v) is 4.25. The minimum absolute atomic E-state index is 0.221. The lowest BCUT2D eigenvalue weighted by molar-refractivity contribution is 0.164. The van der Waals surface area contributed by atoms with Gasteiger partial charge in [-0.1, -0.05) is 6.07 Å². The van der Waals surface area contributed by atoms with Crippen molar-refractivity contribution in [3.8, 4) is 5.75 Å². The van der Waals surface area contributed by atoms with Crippen LogP contribution < -0.4 is 5.73 Å². The summed E-state index contributed by atoms with van der Waals surface area (Å²) < 4.78 is 0. The molecule has 0 aliphatic heterocycles. The minimum Gasteiger partial charge on any atom is -0.508 e. The lowest BCUT2D eigenvalue weighted by atomic mass is 9.98. The Morgan fingerprint density at radius 2 is 2.00 bits per heavy atom. The van der Waals surface area contributed by atoms with E-state index in [1.807, 2.05) is 6.92 Å². The fraction of sp³-hybridized carbons (Fsp3) is 0.400. The number of aliphatic hydroxyl groups excluding tert-OH is 1. The third kappa shape index (κ3) is 2.20. The van der Waals surface area contributed by atoms with E-state index in [2.05, 4.69) is 0 Å². The molecular formula is C10H15NO2. The average molecular weight is 181 g/mol. The second-order valence-electron chi connectivity index (χ2n) is 3.31. The number of aliphatic hydroxyl groups is 1. The molecule has 3 heteroatoms. The van der Waals surface area contributed by atoms with Crippen LogP contribution in [0.15, 0.2) is 18.2 Å². The first-order chi connectivity index (χ1) is 6.02. The lowest BCUT2D eigenvalue weighted by Crippen LogP contribution is -2.23. The molecule has 4 N–H and O–H groups in total. The van der Waals surface area contributed by atoms with Crippen molar-refractivity contribution in [3.05, 3.63) is 29.3 Å². The zero-order valence-corrected chi connectivity index (χ0v) is 7.86. The van der Waals surface area contributed by atoms with E-state index in [1.165, 1.54) is 0 Å². The largest absolute Gasteiger partial charge is 0.508 e. The number of phenols is 1. The summed E-state index contributed by atoms with van der Waals surface area (Å²) in [7, 11) is 0. The van der Waals surface area contributed by atoms with Gasteiger partial charge < -0.3 is 15.9 Å². The third-order valence-corrected chi connectivity index (χ3v) is 2.13. The van der Waals surface area contributed by atoms with Gasteiger partial charge in [0, 0.05) is 0 Å². The maximum atomic E-state index is 9.28. The summed E-state index contributed by atoms with van der Waals surface area (Å²) in [5, 5.41) is 18.4. The molecule has 72 valence electrons. The summed E-state index contributed by atoms with van der Waals surface area (Å²) in [6.45, 7) is 3.51. The number of nitrogens with two attached hydrogens (primary N) is 1. The van der Waals surface area contributed by atoms with Crippen LogP contribution in [0.1, 0.15) is 24.1 Å². The fourth-order valence-corrected chi connectivity index (χ4v) is 1.29. The molecule has 0 spiro atoms. The summed E-state index contributed by atoms with van der Waals surface area (Å²) in [5.74, 6) is 0.221. The number of benzene rings is 1. The highest BCUT2D eigenvalue weighted by Gasteiger charge is 2.13. The van der Waals surface area contributed by atoms with Crippen LogP contribution in [0.4, 0.5) is 0 Å². The zero-order valence-electron chi connectivity index (χ0n) is 7.86. The quantitative estimate of drug-likeness (QED) is 0.639. The molecule has 1 aromatic carbocycles. The Labute approximate surface area is 77.8 Å². The van der Waals surface area contributed by atoms with Crippen molar-refractivity contribution >= 4 is 0 Å². The molecule has 0 saturated heterocycles. The van der Waals surface area contributed by atoms with Crippen molar-refractivity contribution in [2.75, 3.05) is 0 Å². The molecule has 1 rings (SSSR count). The first kappa shape index (κ1) is 10.0. The van der Waals surface area contributed by atoms with Crippen LogP contribution in [0.25, 0.3) is 0 Å². The Balaban J connectivity index is 3.01. The Morgan fingerprint density at radius 3 is 2.46 bits per heavy atom. The van der Waals surface area contributed by atoms with Crippen molar-refractivity contribution in [1.82, 2.24) is 0 Å². The maximum absolute atomic E-state index is 9.28. The molecule has 0 fully saturated rings. The first-order valence-electron chi connectivity index (χ1n) is 4.25. The van der Waals surface area contributed by atoms with Gasteiger partial charge in [0.15, 0.2) is 0 Å². The van der Waals surface area contributed by atoms with Gasteiger partial charge in [-0.2, -0.15) is 0 Å². The van der Waals surface area contributed by atoms with Gasteiger partial charge in [-0.3, -0.25) is 0 Å². The van der Waals surface area contributed by atoms with E-state index in [0.717, 1.165) is 11.1 Å². The molecule has 0 heterocycles. The summed E-state index contributed by atoms with van der Waals surface area (Å²) >= 11 is 0. The monoisotopic (exact) mass is 181 g/mol. The van der Waals surface area contributed by atoms with Crippen molar-refractivity contribution in [1.29, 1.82) is 0 Å². The van der Waals surface area contributed by atoms with E-state index in [9.17, 15) is 5.11 Å². The van der Waals surface area contributed by atoms with Gasteiger partial charge >= 0.3 is 0 Å². The Hall–Kier alpha value is -1.06. The molecule has 0 bridgehead atoms. The number of hydrogen-bond acceptors (Lipinski definition) is 3. The van der Waals surface area contributed by atoms with Crippen LogP contribution in [0.3, 0.4) is 0 Å². The van der Waals surface area contributed by atoms with Gasteiger partial charge in [-0.15, -0.1) is 0 Å².